The molecule has 0 amide bonds. The largest absolute Gasteiger partial charge is 0.492 e. The molecule has 112 valence electrons. The highest BCUT2D eigenvalue weighted by Gasteiger charge is 2.17. The van der Waals surface area contributed by atoms with Gasteiger partial charge in [-0.2, -0.15) is 0 Å². The van der Waals surface area contributed by atoms with Crippen molar-refractivity contribution in [1.29, 1.82) is 0 Å². The van der Waals surface area contributed by atoms with Gasteiger partial charge in [0.15, 0.2) is 0 Å². The van der Waals surface area contributed by atoms with Gasteiger partial charge in [-0.05, 0) is 36.3 Å². The maximum atomic E-state index is 5.95. The van der Waals surface area contributed by atoms with Crippen LogP contribution in [0.3, 0.4) is 0 Å². The Labute approximate surface area is 123 Å². The average Bonchev–Trinajstić information content (AvgIpc) is 2.44. The highest BCUT2D eigenvalue weighted by atomic mass is 16.5. The van der Waals surface area contributed by atoms with Gasteiger partial charge in [0.2, 0.25) is 0 Å². The predicted molar refractivity (Wildman–Crippen MR) is 85.4 cm³/mol. The van der Waals surface area contributed by atoms with E-state index in [9.17, 15) is 0 Å². The highest BCUT2D eigenvalue weighted by Crippen LogP contribution is 2.26. The van der Waals surface area contributed by atoms with E-state index in [1.165, 1.54) is 31.2 Å². The molecule has 0 spiro atoms. The van der Waals surface area contributed by atoms with Crippen LogP contribution in [0, 0.1) is 5.92 Å². The fourth-order valence-corrected chi connectivity index (χ4v) is 3.13. The minimum Gasteiger partial charge on any atom is -0.492 e. The monoisotopic (exact) mass is 275 g/mol. The minimum atomic E-state index is 0.512. The van der Waals surface area contributed by atoms with E-state index < -0.39 is 0 Å². The molecule has 1 aliphatic carbocycles. The van der Waals surface area contributed by atoms with Gasteiger partial charge in [-0.15, -0.1) is 0 Å². The lowest BCUT2D eigenvalue weighted by atomic mass is 9.87. The summed E-state index contributed by atoms with van der Waals surface area (Å²) in [4.78, 5) is 0. The van der Waals surface area contributed by atoms with E-state index in [1.54, 1.807) is 0 Å². The summed E-state index contributed by atoms with van der Waals surface area (Å²) in [5, 5.41) is 3.65. The van der Waals surface area contributed by atoms with Crippen molar-refractivity contribution < 1.29 is 4.74 Å². The number of ether oxygens (including phenoxy) is 1. The fraction of sp³-hybridized carbons (Fsp3) is 0.667. The van der Waals surface area contributed by atoms with Crippen molar-refractivity contribution in [1.82, 2.24) is 5.32 Å². The van der Waals surface area contributed by atoms with Gasteiger partial charge < -0.3 is 10.1 Å². The molecule has 2 unspecified atom stereocenters. The SMILES string of the molecule is CC1CCCC(NCCOc2ccccc2C(C)C)C1. The molecule has 1 aliphatic rings. The van der Waals surface area contributed by atoms with Crippen LogP contribution < -0.4 is 10.1 Å². The number of rotatable bonds is 6. The lowest BCUT2D eigenvalue weighted by molar-refractivity contribution is 0.265. The lowest BCUT2D eigenvalue weighted by Gasteiger charge is -2.27. The van der Waals surface area contributed by atoms with Crippen molar-refractivity contribution in [2.24, 2.45) is 5.92 Å². The Bertz CT molecular complexity index is 402. The number of benzene rings is 1. The van der Waals surface area contributed by atoms with Crippen molar-refractivity contribution in [2.45, 2.75) is 58.4 Å². The molecular formula is C18H29NO. The third-order valence-corrected chi connectivity index (χ3v) is 4.27. The van der Waals surface area contributed by atoms with E-state index in [4.69, 9.17) is 4.74 Å². The lowest BCUT2D eigenvalue weighted by Crippen LogP contribution is -2.36. The minimum absolute atomic E-state index is 0.512. The molecule has 0 aromatic heterocycles. The van der Waals surface area contributed by atoms with Crippen LogP contribution in [-0.2, 0) is 0 Å². The van der Waals surface area contributed by atoms with E-state index in [1.807, 2.05) is 0 Å². The van der Waals surface area contributed by atoms with Crippen molar-refractivity contribution in [2.75, 3.05) is 13.2 Å². The van der Waals surface area contributed by atoms with Crippen LogP contribution in [0.2, 0.25) is 0 Å². The zero-order valence-corrected chi connectivity index (χ0v) is 13.2. The van der Waals surface area contributed by atoms with Crippen LogP contribution in [0.1, 0.15) is 57.9 Å². The quantitative estimate of drug-likeness (QED) is 0.779. The summed E-state index contributed by atoms with van der Waals surface area (Å²) in [6.07, 6.45) is 5.42. The Hall–Kier alpha value is -1.02. The van der Waals surface area contributed by atoms with Crippen molar-refractivity contribution in [3.05, 3.63) is 29.8 Å². The Morgan fingerprint density at radius 3 is 2.80 bits per heavy atom. The molecule has 2 rings (SSSR count). The second kappa shape index (κ2) is 7.68. The van der Waals surface area contributed by atoms with Gasteiger partial charge >= 0.3 is 0 Å². The first kappa shape index (κ1) is 15.4. The molecule has 2 nitrogen and oxygen atoms in total. The Kier molecular flexibility index (Phi) is 5.90. The van der Waals surface area contributed by atoms with Crippen LogP contribution in [-0.4, -0.2) is 19.2 Å². The van der Waals surface area contributed by atoms with Gasteiger partial charge in [0.05, 0.1) is 0 Å². The molecular weight excluding hydrogens is 246 g/mol. The molecule has 1 fully saturated rings. The number of nitrogens with one attached hydrogen (secondary N) is 1. The molecule has 2 atom stereocenters. The Morgan fingerprint density at radius 2 is 2.05 bits per heavy atom. The summed E-state index contributed by atoms with van der Waals surface area (Å²) < 4.78 is 5.95. The molecule has 2 heteroatoms. The molecule has 0 aliphatic heterocycles. The van der Waals surface area contributed by atoms with Crippen LogP contribution >= 0.6 is 0 Å². The normalized spacial score (nSPS) is 23.0. The smallest absolute Gasteiger partial charge is 0.122 e. The number of hydrogen-bond acceptors (Lipinski definition) is 2. The summed E-state index contributed by atoms with van der Waals surface area (Å²) in [6.45, 7) is 8.50. The topological polar surface area (TPSA) is 21.3 Å². The molecule has 1 aromatic carbocycles. The summed E-state index contributed by atoms with van der Waals surface area (Å²) in [5.74, 6) is 2.43. The maximum Gasteiger partial charge on any atom is 0.122 e. The van der Waals surface area contributed by atoms with E-state index in [0.717, 1.165) is 24.8 Å². The first-order valence-corrected chi connectivity index (χ1v) is 8.12. The Balaban J connectivity index is 1.73. The second-order valence-electron chi connectivity index (χ2n) is 6.46. The van der Waals surface area contributed by atoms with Gasteiger partial charge in [0, 0.05) is 12.6 Å². The number of hydrogen-bond donors (Lipinski definition) is 1. The van der Waals surface area contributed by atoms with Gasteiger partial charge in [0.25, 0.3) is 0 Å². The zero-order valence-electron chi connectivity index (χ0n) is 13.2. The van der Waals surface area contributed by atoms with E-state index in [0.29, 0.717) is 12.0 Å². The second-order valence-corrected chi connectivity index (χ2v) is 6.46. The summed E-state index contributed by atoms with van der Waals surface area (Å²) in [5.41, 5.74) is 1.30. The molecule has 20 heavy (non-hydrogen) atoms. The van der Waals surface area contributed by atoms with Crippen LogP contribution in [0.15, 0.2) is 24.3 Å². The van der Waals surface area contributed by atoms with Gasteiger partial charge in [-0.1, -0.05) is 51.8 Å². The van der Waals surface area contributed by atoms with Crippen molar-refractivity contribution >= 4 is 0 Å². The molecule has 0 saturated heterocycles. The van der Waals surface area contributed by atoms with Crippen LogP contribution in [0.5, 0.6) is 5.75 Å². The van der Waals surface area contributed by atoms with Gasteiger partial charge in [-0.3, -0.25) is 0 Å². The number of para-hydroxylation sites is 1. The van der Waals surface area contributed by atoms with Crippen molar-refractivity contribution in [3.8, 4) is 5.75 Å². The maximum absolute atomic E-state index is 5.95. The first-order valence-electron chi connectivity index (χ1n) is 8.12. The summed E-state index contributed by atoms with van der Waals surface area (Å²) in [7, 11) is 0. The summed E-state index contributed by atoms with van der Waals surface area (Å²) in [6, 6.07) is 9.08. The molecule has 0 heterocycles. The standard InChI is InChI=1S/C18H29NO/c1-14(2)17-9-4-5-10-18(17)20-12-11-19-16-8-6-7-15(3)13-16/h4-5,9-10,14-16,19H,6-8,11-13H2,1-3H3. The van der Waals surface area contributed by atoms with E-state index in [2.05, 4.69) is 50.4 Å². The summed E-state index contributed by atoms with van der Waals surface area (Å²) >= 11 is 0. The van der Waals surface area contributed by atoms with Crippen LogP contribution in [0.4, 0.5) is 0 Å². The fourth-order valence-electron chi connectivity index (χ4n) is 3.13. The predicted octanol–water partition coefficient (Wildman–Crippen LogP) is 4.36. The molecule has 1 saturated carbocycles. The molecule has 1 aromatic rings. The third-order valence-electron chi connectivity index (χ3n) is 4.27. The molecule has 0 radical (unpaired) electrons. The Morgan fingerprint density at radius 1 is 1.25 bits per heavy atom. The van der Waals surface area contributed by atoms with Gasteiger partial charge in [0.1, 0.15) is 12.4 Å². The molecule has 1 N–H and O–H groups in total. The molecule has 0 bridgehead atoms. The average molecular weight is 275 g/mol. The zero-order chi connectivity index (χ0) is 14.4. The van der Waals surface area contributed by atoms with E-state index in [-0.39, 0.29) is 0 Å². The third kappa shape index (κ3) is 4.52. The van der Waals surface area contributed by atoms with E-state index >= 15 is 0 Å². The van der Waals surface area contributed by atoms with Crippen molar-refractivity contribution in [3.63, 3.8) is 0 Å². The van der Waals surface area contributed by atoms with Crippen LogP contribution in [0.25, 0.3) is 0 Å². The first-order chi connectivity index (χ1) is 9.66. The van der Waals surface area contributed by atoms with Gasteiger partial charge in [-0.25, -0.2) is 0 Å². The highest BCUT2D eigenvalue weighted by molar-refractivity contribution is 5.35.